The van der Waals surface area contributed by atoms with E-state index in [4.69, 9.17) is 0 Å². The van der Waals surface area contributed by atoms with Gasteiger partial charge in [0.25, 0.3) is 0 Å². The quantitative estimate of drug-likeness (QED) is 0.605. The molecule has 11 heavy (non-hydrogen) atoms. The van der Waals surface area contributed by atoms with Crippen LogP contribution in [0.1, 0.15) is 33.6 Å². The van der Waals surface area contributed by atoms with Crippen LogP contribution in [0, 0.1) is 11.8 Å². The van der Waals surface area contributed by atoms with Crippen LogP contribution in [0.2, 0.25) is 0 Å². The normalized spacial score (nSPS) is 26.7. The number of likely N-dealkylation sites (tertiary alicyclic amines) is 1. The summed E-state index contributed by atoms with van der Waals surface area (Å²) < 4.78 is 0. The second-order valence-corrected chi connectivity index (χ2v) is 4.09. The van der Waals surface area contributed by atoms with Gasteiger partial charge in [-0.25, -0.2) is 0 Å². The van der Waals surface area contributed by atoms with Gasteiger partial charge in [0.05, 0.1) is 0 Å². The predicted octanol–water partition coefficient (Wildman–Crippen LogP) is 2.37. The Morgan fingerprint density at radius 3 is 2.64 bits per heavy atom. The van der Waals surface area contributed by atoms with E-state index in [2.05, 4.69) is 25.7 Å². The SMILES string of the molecule is CCCN1CC[C@H](C(C)C)C1. The standard InChI is InChI=1S/C10H21N/c1-4-6-11-7-5-10(8-11)9(2)3/h9-10H,4-8H2,1-3H3/t10-/m0/s1. The first-order valence-electron chi connectivity index (χ1n) is 4.96. The Kier molecular flexibility index (Phi) is 3.38. The summed E-state index contributed by atoms with van der Waals surface area (Å²) >= 11 is 0. The minimum Gasteiger partial charge on any atom is -0.303 e. The number of nitrogens with zero attached hydrogens (tertiary/aromatic N) is 1. The third-order valence-corrected chi connectivity index (χ3v) is 2.79. The first kappa shape index (κ1) is 9.05. The van der Waals surface area contributed by atoms with Gasteiger partial charge in [0, 0.05) is 6.54 Å². The van der Waals surface area contributed by atoms with Crippen LogP contribution in [-0.2, 0) is 0 Å². The van der Waals surface area contributed by atoms with Crippen molar-refractivity contribution in [1.82, 2.24) is 4.90 Å². The summed E-state index contributed by atoms with van der Waals surface area (Å²) in [7, 11) is 0. The fourth-order valence-corrected chi connectivity index (χ4v) is 1.93. The molecule has 1 aliphatic rings. The molecule has 0 aromatic rings. The molecule has 1 rings (SSSR count). The van der Waals surface area contributed by atoms with E-state index < -0.39 is 0 Å². The van der Waals surface area contributed by atoms with Gasteiger partial charge in [-0.05, 0) is 37.8 Å². The van der Waals surface area contributed by atoms with Gasteiger partial charge < -0.3 is 4.90 Å². The predicted molar refractivity (Wildman–Crippen MR) is 49.7 cm³/mol. The molecule has 1 fully saturated rings. The van der Waals surface area contributed by atoms with E-state index in [1.54, 1.807) is 0 Å². The summed E-state index contributed by atoms with van der Waals surface area (Å²) in [4.78, 5) is 2.60. The van der Waals surface area contributed by atoms with Crippen molar-refractivity contribution in [2.75, 3.05) is 19.6 Å². The highest BCUT2D eigenvalue weighted by atomic mass is 15.1. The first-order chi connectivity index (χ1) is 5.24. The number of hydrogen-bond acceptors (Lipinski definition) is 1. The smallest absolute Gasteiger partial charge is 0.00126 e. The van der Waals surface area contributed by atoms with Crippen LogP contribution in [-0.4, -0.2) is 24.5 Å². The molecule has 1 heterocycles. The van der Waals surface area contributed by atoms with E-state index in [0.717, 1.165) is 11.8 Å². The Hall–Kier alpha value is -0.0400. The molecular weight excluding hydrogens is 134 g/mol. The Labute approximate surface area is 70.8 Å². The van der Waals surface area contributed by atoms with E-state index in [0.29, 0.717) is 0 Å². The van der Waals surface area contributed by atoms with Crippen LogP contribution >= 0.6 is 0 Å². The van der Waals surface area contributed by atoms with E-state index >= 15 is 0 Å². The molecule has 0 unspecified atom stereocenters. The van der Waals surface area contributed by atoms with Gasteiger partial charge in [0.15, 0.2) is 0 Å². The van der Waals surface area contributed by atoms with Crippen molar-refractivity contribution in [3.63, 3.8) is 0 Å². The van der Waals surface area contributed by atoms with Crippen LogP contribution in [0.25, 0.3) is 0 Å². The summed E-state index contributed by atoms with van der Waals surface area (Å²) in [6, 6.07) is 0. The summed E-state index contributed by atoms with van der Waals surface area (Å²) in [5.41, 5.74) is 0. The Morgan fingerprint density at radius 1 is 1.45 bits per heavy atom. The Bertz CT molecular complexity index is 109. The highest BCUT2D eigenvalue weighted by Gasteiger charge is 2.23. The summed E-state index contributed by atoms with van der Waals surface area (Å²) in [5, 5.41) is 0. The summed E-state index contributed by atoms with van der Waals surface area (Å²) in [6.07, 6.45) is 2.74. The van der Waals surface area contributed by atoms with Crippen molar-refractivity contribution in [2.45, 2.75) is 33.6 Å². The molecule has 0 amide bonds. The Balaban J connectivity index is 2.23. The molecule has 0 N–H and O–H groups in total. The van der Waals surface area contributed by atoms with Crippen molar-refractivity contribution >= 4 is 0 Å². The highest BCUT2D eigenvalue weighted by molar-refractivity contribution is 4.76. The van der Waals surface area contributed by atoms with Gasteiger partial charge in [-0.2, -0.15) is 0 Å². The molecule has 1 atom stereocenters. The van der Waals surface area contributed by atoms with Crippen LogP contribution in [0.5, 0.6) is 0 Å². The molecule has 0 radical (unpaired) electrons. The zero-order chi connectivity index (χ0) is 8.27. The van der Waals surface area contributed by atoms with Crippen molar-refractivity contribution in [3.8, 4) is 0 Å². The maximum absolute atomic E-state index is 2.60. The minimum absolute atomic E-state index is 0.886. The Morgan fingerprint density at radius 2 is 2.18 bits per heavy atom. The van der Waals surface area contributed by atoms with E-state index in [1.165, 1.54) is 32.5 Å². The maximum Gasteiger partial charge on any atom is 0.00126 e. The summed E-state index contributed by atoms with van der Waals surface area (Å²) in [6.45, 7) is 11.0. The maximum atomic E-state index is 2.60. The zero-order valence-electron chi connectivity index (χ0n) is 8.14. The van der Waals surface area contributed by atoms with Gasteiger partial charge in [0.1, 0.15) is 0 Å². The first-order valence-corrected chi connectivity index (χ1v) is 4.96. The van der Waals surface area contributed by atoms with Crippen molar-refractivity contribution in [1.29, 1.82) is 0 Å². The molecule has 66 valence electrons. The van der Waals surface area contributed by atoms with Crippen molar-refractivity contribution in [3.05, 3.63) is 0 Å². The highest BCUT2D eigenvalue weighted by Crippen LogP contribution is 2.23. The molecular formula is C10H21N. The molecule has 1 saturated heterocycles. The molecule has 0 aliphatic carbocycles. The van der Waals surface area contributed by atoms with Crippen LogP contribution in [0.15, 0.2) is 0 Å². The lowest BCUT2D eigenvalue weighted by Crippen LogP contribution is -2.22. The van der Waals surface area contributed by atoms with Gasteiger partial charge >= 0.3 is 0 Å². The molecule has 0 aromatic carbocycles. The lowest BCUT2D eigenvalue weighted by molar-refractivity contribution is 0.304. The number of rotatable bonds is 3. The van der Waals surface area contributed by atoms with Gasteiger partial charge in [0.2, 0.25) is 0 Å². The average Bonchev–Trinajstić information content (AvgIpc) is 2.37. The second-order valence-electron chi connectivity index (χ2n) is 4.09. The summed E-state index contributed by atoms with van der Waals surface area (Å²) in [5.74, 6) is 1.86. The fraction of sp³-hybridized carbons (Fsp3) is 1.00. The fourth-order valence-electron chi connectivity index (χ4n) is 1.93. The average molecular weight is 155 g/mol. The van der Waals surface area contributed by atoms with E-state index in [9.17, 15) is 0 Å². The lowest BCUT2D eigenvalue weighted by atomic mass is 9.95. The second kappa shape index (κ2) is 4.10. The van der Waals surface area contributed by atoms with Crippen LogP contribution < -0.4 is 0 Å². The molecule has 1 heteroatoms. The van der Waals surface area contributed by atoms with Crippen molar-refractivity contribution < 1.29 is 0 Å². The monoisotopic (exact) mass is 155 g/mol. The minimum atomic E-state index is 0.886. The molecule has 1 nitrogen and oxygen atoms in total. The largest absolute Gasteiger partial charge is 0.303 e. The molecule has 0 aromatic heterocycles. The van der Waals surface area contributed by atoms with Gasteiger partial charge in [-0.1, -0.05) is 20.8 Å². The third-order valence-electron chi connectivity index (χ3n) is 2.79. The van der Waals surface area contributed by atoms with Crippen LogP contribution in [0.4, 0.5) is 0 Å². The van der Waals surface area contributed by atoms with Gasteiger partial charge in [-0.15, -0.1) is 0 Å². The molecule has 0 spiro atoms. The lowest BCUT2D eigenvalue weighted by Gasteiger charge is -2.16. The van der Waals surface area contributed by atoms with Crippen LogP contribution in [0.3, 0.4) is 0 Å². The molecule has 0 saturated carbocycles. The number of hydrogen-bond donors (Lipinski definition) is 0. The van der Waals surface area contributed by atoms with Gasteiger partial charge in [-0.3, -0.25) is 0 Å². The third kappa shape index (κ3) is 2.48. The van der Waals surface area contributed by atoms with E-state index in [-0.39, 0.29) is 0 Å². The molecule has 1 aliphatic heterocycles. The zero-order valence-corrected chi connectivity index (χ0v) is 8.14. The van der Waals surface area contributed by atoms with Crippen molar-refractivity contribution in [2.24, 2.45) is 11.8 Å². The molecule has 0 bridgehead atoms. The topological polar surface area (TPSA) is 3.24 Å². The van der Waals surface area contributed by atoms with E-state index in [1.807, 2.05) is 0 Å².